The number of nitrogen functional groups attached to an aromatic ring is 1. The summed E-state index contributed by atoms with van der Waals surface area (Å²) >= 11 is 6.21. The molecule has 1 saturated carbocycles. The number of nitrogens with two attached hydrogens (primary N) is 1. The zero-order valence-corrected chi connectivity index (χ0v) is 13.3. The molecule has 0 spiro atoms. The van der Waals surface area contributed by atoms with Gasteiger partial charge in [0.05, 0.1) is 18.2 Å². The summed E-state index contributed by atoms with van der Waals surface area (Å²) < 4.78 is 10.8. The van der Waals surface area contributed by atoms with Gasteiger partial charge in [-0.3, -0.25) is 0 Å². The van der Waals surface area contributed by atoms with Crippen molar-refractivity contribution in [2.75, 3.05) is 12.8 Å². The van der Waals surface area contributed by atoms with Gasteiger partial charge in [0.25, 0.3) is 0 Å². The molecule has 0 saturated heterocycles. The number of carbonyl (C=O) groups is 1. The van der Waals surface area contributed by atoms with Crippen LogP contribution < -0.4 is 10.5 Å². The van der Waals surface area contributed by atoms with Crippen LogP contribution in [0.25, 0.3) is 0 Å². The molecule has 4 nitrogen and oxygen atoms in total. The zero-order valence-electron chi connectivity index (χ0n) is 12.5. The number of carbonyl (C=O) groups excluding carboxylic acids is 1. The molecule has 5 heteroatoms. The zero-order chi connectivity index (χ0) is 15.4. The fraction of sp³-hybridized carbons (Fsp3) is 0.562. The van der Waals surface area contributed by atoms with E-state index in [9.17, 15) is 4.79 Å². The highest BCUT2D eigenvalue weighted by Crippen LogP contribution is 2.36. The molecule has 0 aromatic heterocycles. The van der Waals surface area contributed by atoms with E-state index in [1.807, 2.05) is 0 Å². The van der Waals surface area contributed by atoms with Gasteiger partial charge in [-0.2, -0.15) is 0 Å². The summed E-state index contributed by atoms with van der Waals surface area (Å²) in [4.78, 5) is 11.9. The van der Waals surface area contributed by atoms with Gasteiger partial charge in [0.15, 0.2) is 5.75 Å². The molecule has 0 aliphatic heterocycles. The number of benzene rings is 1. The Hall–Kier alpha value is -1.42. The van der Waals surface area contributed by atoms with E-state index >= 15 is 0 Å². The van der Waals surface area contributed by atoms with Gasteiger partial charge in [0.2, 0.25) is 0 Å². The second-order valence-electron chi connectivity index (χ2n) is 5.55. The number of hydrogen-bond acceptors (Lipinski definition) is 4. The number of halogens is 1. The minimum atomic E-state index is -0.484. The third-order valence-electron chi connectivity index (χ3n) is 4.07. The number of methoxy groups -OCH3 is 1. The first-order chi connectivity index (χ1) is 10.0. The number of esters is 1. The van der Waals surface area contributed by atoms with Gasteiger partial charge >= 0.3 is 5.97 Å². The SMILES string of the molecule is CCC1CCCC(Oc2c(Cl)cc(N)cc2C(=O)OC)C1. The molecule has 2 unspecified atom stereocenters. The van der Waals surface area contributed by atoms with Crippen molar-refractivity contribution in [2.45, 2.75) is 45.1 Å². The first-order valence-corrected chi connectivity index (χ1v) is 7.76. The molecular formula is C16H22ClNO3. The number of anilines is 1. The second-order valence-corrected chi connectivity index (χ2v) is 5.96. The molecule has 1 aliphatic rings. The van der Waals surface area contributed by atoms with Crippen LogP contribution in [0.3, 0.4) is 0 Å². The van der Waals surface area contributed by atoms with Crippen molar-refractivity contribution in [1.82, 2.24) is 0 Å². The minimum absolute atomic E-state index is 0.0910. The highest BCUT2D eigenvalue weighted by atomic mass is 35.5. The van der Waals surface area contributed by atoms with E-state index in [2.05, 4.69) is 6.92 Å². The quantitative estimate of drug-likeness (QED) is 0.673. The molecule has 21 heavy (non-hydrogen) atoms. The summed E-state index contributed by atoms with van der Waals surface area (Å²) in [6.45, 7) is 2.20. The van der Waals surface area contributed by atoms with Gasteiger partial charge in [-0.25, -0.2) is 4.79 Å². The van der Waals surface area contributed by atoms with Crippen LogP contribution in [-0.4, -0.2) is 19.2 Å². The predicted molar refractivity (Wildman–Crippen MR) is 83.9 cm³/mol. The molecule has 1 fully saturated rings. The van der Waals surface area contributed by atoms with E-state index < -0.39 is 5.97 Å². The van der Waals surface area contributed by atoms with E-state index in [1.165, 1.54) is 13.5 Å². The van der Waals surface area contributed by atoms with Gasteiger partial charge in [0, 0.05) is 5.69 Å². The van der Waals surface area contributed by atoms with Crippen LogP contribution in [0.1, 0.15) is 49.4 Å². The van der Waals surface area contributed by atoms with Crippen LogP contribution in [0, 0.1) is 5.92 Å². The van der Waals surface area contributed by atoms with Crippen LogP contribution in [0.2, 0.25) is 5.02 Å². The Bertz CT molecular complexity index is 518. The average Bonchev–Trinajstić information content (AvgIpc) is 2.49. The highest BCUT2D eigenvalue weighted by molar-refractivity contribution is 6.33. The molecule has 2 atom stereocenters. The van der Waals surface area contributed by atoms with E-state index in [1.54, 1.807) is 12.1 Å². The maximum atomic E-state index is 11.9. The highest BCUT2D eigenvalue weighted by Gasteiger charge is 2.25. The van der Waals surface area contributed by atoms with Crippen molar-refractivity contribution in [1.29, 1.82) is 0 Å². The molecule has 0 radical (unpaired) electrons. The largest absolute Gasteiger partial charge is 0.488 e. The monoisotopic (exact) mass is 311 g/mol. The fourth-order valence-electron chi connectivity index (χ4n) is 2.88. The Morgan fingerprint density at radius 1 is 1.43 bits per heavy atom. The van der Waals surface area contributed by atoms with Crippen molar-refractivity contribution in [3.8, 4) is 5.75 Å². The lowest BCUT2D eigenvalue weighted by atomic mass is 9.85. The normalized spacial score (nSPS) is 21.9. The van der Waals surface area contributed by atoms with Crippen LogP contribution in [-0.2, 0) is 4.74 Å². The summed E-state index contributed by atoms with van der Waals surface area (Å²) in [5.41, 5.74) is 6.46. The summed E-state index contributed by atoms with van der Waals surface area (Å²) in [6.07, 6.45) is 5.61. The Kier molecular flexibility index (Phi) is 5.34. The van der Waals surface area contributed by atoms with Crippen LogP contribution in [0.4, 0.5) is 5.69 Å². The van der Waals surface area contributed by atoms with Gasteiger partial charge in [-0.1, -0.05) is 31.4 Å². The van der Waals surface area contributed by atoms with E-state index in [-0.39, 0.29) is 6.10 Å². The Labute approximate surface area is 130 Å². The maximum absolute atomic E-state index is 11.9. The van der Waals surface area contributed by atoms with Crippen LogP contribution >= 0.6 is 11.6 Å². The third-order valence-corrected chi connectivity index (χ3v) is 4.35. The lowest BCUT2D eigenvalue weighted by Gasteiger charge is -2.29. The van der Waals surface area contributed by atoms with Crippen LogP contribution in [0.15, 0.2) is 12.1 Å². The van der Waals surface area contributed by atoms with E-state index in [0.717, 1.165) is 25.7 Å². The van der Waals surface area contributed by atoms with E-state index in [0.29, 0.717) is 27.9 Å². The van der Waals surface area contributed by atoms with Gasteiger partial charge in [-0.15, -0.1) is 0 Å². The molecule has 0 heterocycles. The number of rotatable bonds is 4. The lowest BCUT2D eigenvalue weighted by Crippen LogP contribution is -2.26. The summed E-state index contributed by atoms with van der Waals surface area (Å²) in [7, 11) is 1.33. The Balaban J connectivity index is 2.24. The van der Waals surface area contributed by atoms with E-state index in [4.69, 9.17) is 26.8 Å². The Morgan fingerprint density at radius 2 is 2.19 bits per heavy atom. The van der Waals surface area contributed by atoms with Crippen molar-refractivity contribution >= 4 is 23.3 Å². The van der Waals surface area contributed by atoms with Crippen molar-refractivity contribution in [3.05, 3.63) is 22.7 Å². The van der Waals surface area contributed by atoms with Crippen molar-refractivity contribution in [2.24, 2.45) is 5.92 Å². The topological polar surface area (TPSA) is 61.5 Å². The van der Waals surface area contributed by atoms with Gasteiger partial charge < -0.3 is 15.2 Å². The van der Waals surface area contributed by atoms with Gasteiger partial charge in [-0.05, 0) is 37.3 Å². The third kappa shape index (κ3) is 3.82. The summed E-state index contributed by atoms with van der Waals surface area (Å²) in [5, 5.41) is 0.356. The van der Waals surface area contributed by atoms with Gasteiger partial charge in [0.1, 0.15) is 5.56 Å². The number of hydrogen-bond donors (Lipinski definition) is 1. The standard InChI is InChI=1S/C16H22ClNO3/c1-3-10-5-4-6-12(7-10)21-15-13(16(19)20-2)8-11(18)9-14(15)17/h8-10,12H,3-7,18H2,1-2H3. The minimum Gasteiger partial charge on any atom is -0.488 e. The average molecular weight is 312 g/mol. The molecule has 1 aliphatic carbocycles. The molecule has 2 N–H and O–H groups in total. The molecule has 116 valence electrons. The summed E-state index contributed by atoms with van der Waals surface area (Å²) in [5.74, 6) is 0.583. The predicted octanol–water partition coefficient (Wildman–Crippen LogP) is 4.06. The first-order valence-electron chi connectivity index (χ1n) is 7.39. The summed E-state index contributed by atoms with van der Waals surface area (Å²) in [6, 6.07) is 3.15. The fourth-order valence-corrected chi connectivity index (χ4v) is 3.15. The molecule has 0 amide bonds. The molecule has 0 bridgehead atoms. The molecule has 1 aromatic rings. The van der Waals surface area contributed by atoms with Crippen molar-refractivity contribution < 1.29 is 14.3 Å². The Morgan fingerprint density at radius 3 is 2.86 bits per heavy atom. The second kappa shape index (κ2) is 7.03. The van der Waals surface area contributed by atoms with Crippen LogP contribution in [0.5, 0.6) is 5.75 Å². The molecule has 1 aromatic carbocycles. The lowest BCUT2D eigenvalue weighted by molar-refractivity contribution is 0.0587. The maximum Gasteiger partial charge on any atom is 0.341 e. The smallest absolute Gasteiger partial charge is 0.341 e. The first kappa shape index (κ1) is 16.0. The molecular weight excluding hydrogens is 290 g/mol. The number of ether oxygens (including phenoxy) is 2. The molecule has 2 rings (SSSR count). The van der Waals surface area contributed by atoms with Crippen molar-refractivity contribution in [3.63, 3.8) is 0 Å².